The largest absolute Gasteiger partial charge is 0.562 e. The molecule has 0 amide bonds. The molecule has 2 N–H and O–H groups in total. The Balaban J connectivity index is 2.09. The van der Waals surface area contributed by atoms with Crippen LogP contribution in [0, 0.1) is 0 Å². The van der Waals surface area contributed by atoms with Crippen molar-refractivity contribution in [1.82, 2.24) is 0 Å². The van der Waals surface area contributed by atoms with Gasteiger partial charge in [-0.3, -0.25) is 0 Å². The number of carbonyl (C=O) groups is 2. The van der Waals surface area contributed by atoms with Gasteiger partial charge >= 0.3 is 19.1 Å². The summed E-state index contributed by atoms with van der Waals surface area (Å²) in [5.74, 6) is -1.60. The minimum atomic E-state index is -1.51. The topological polar surface area (TPSA) is 93.1 Å². The molecular weight excluding hydrogens is 287 g/mol. The molecule has 0 aliphatic heterocycles. The van der Waals surface area contributed by atoms with Crippen molar-refractivity contribution < 1.29 is 29.1 Å². The monoisotopic (exact) mass is 300 g/mol. The van der Waals surface area contributed by atoms with Crippen molar-refractivity contribution in [2.24, 2.45) is 0 Å². The second-order valence-electron chi connectivity index (χ2n) is 4.39. The van der Waals surface area contributed by atoms with Crippen LogP contribution in [0.15, 0.2) is 48.5 Å². The van der Waals surface area contributed by atoms with Crippen molar-refractivity contribution in [3.05, 3.63) is 59.7 Å². The Kier molecular flexibility index (Phi) is 4.80. The van der Waals surface area contributed by atoms with Gasteiger partial charge < -0.3 is 19.5 Å². The lowest BCUT2D eigenvalue weighted by Crippen LogP contribution is -2.35. The molecule has 0 unspecified atom stereocenters. The summed E-state index contributed by atoms with van der Waals surface area (Å²) in [6, 6.07) is 11.6. The standard InChI is InChI=1S/C15H13BO6/c1-21-14(18)10-6-8-11(9-7-10)16(20)22-15(19)12-4-2-3-5-13(12)17/h2-9,17,20H,1H3. The van der Waals surface area contributed by atoms with Crippen molar-refractivity contribution in [3.8, 4) is 5.75 Å². The number of rotatable bonds is 4. The van der Waals surface area contributed by atoms with Crippen LogP contribution in [0.4, 0.5) is 0 Å². The lowest BCUT2D eigenvalue weighted by atomic mass is 9.79. The average Bonchev–Trinajstić information content (AvgIpc) is 2.54. The first-order chi connectivity index (χ1) is 10.5. The Morgan fingerprint density at radius 2 is 1.64 bits per heavy atom. The van der Waals surface area contributed by atoms with E-state index in [1.807, 2.05) is 0 Å². The van der Waals surface area contributed by atoms with E-state index < -0.39 is 19.1 Å². The molecular formula is C15H13BO6. The van der Waals surface area contributed by atoms with Crippen LogP contribution in [0.2, 0.25) is 0 Å². The van der Waals surface area contributed by atoms with Gasteiger partial charge in [0, 0.05) is 0 Å². The average molecular weight is 300 g/mol. The van der Waals surface area contributed by atoms with E-state index >= 15 is 0 Å². The summed E-state index contributed by atoms with van der Waals surface area (Å²) in [5, 5.41) is 19.4. The van der Waals surface area contributed by atoms with Gasteiger partial charge in [-0.05, 0) is 29.7 Å². The van der Waals surface area contributed by atoms with Crippen molar-refractivity contribution >= 4 is 24.5 Å². The van der Waals surface area contributed by atoms with Crippen LogP contribution in [0.3, 0.4) is 0 Å². The van der Waals surface area contributed by atoms with Crippen LogP contribution in [-0.4, -0.2) is 36.3 Å². The van der Waals surface area contributed by atoms with Gasteiger partial charge in [0.25, 0.3) is 0 Å². The number of ether oxygens (including phenoxy) is 1. The molecule has 2 aromatic rings. The number of para-hydroxylation sites is 1. The minimum Gasteiger partial charge on any atom is -0.507 e. The molecule has 6 nitrogen and oxygen atoms in total. The van der Waals surface area contributed by atoms with Crippen LogP contribution in [0.25, 0.3) is 0 Å². The predicted octanol–water partition coefficient (Wildman–Crippen LogP) is 0.723. The highest BCUT2D eigenvalue weighted by Gasteiger charge is 2.24. The molecule has 22 heavy (non-hydrogen) atoms. The fraction of sp³-hybridized carbons (Fsp3) is 0.0667. The van der Waals surface area contributed by atoms with Gasteiger partial charge in [-0.1, -0.05) is 24.3 Å². The van der Waals surface area contributed by atoms with E-state index in [9.17, 15) is 19.7 Å². The number of phenols is 1. The normalized spacial score (nSPS) is 9.91. The number of aromatic hydroxyl groups is 1. The summed E-state index contributed by atoms with van der Waals surface area (Å²) < 4.78 is 9.43. The number of esters is 1. The second-order valence-corrected chi connectivity index (χ2v) is 4.39. The third-order valence-electron chi connectivity index (χ3n) is 2.96. The van der Waals surface area contributed by atoms with E-state index in [1.54, 1.807) is 12.1 Å². The molecule has 0 saturated heterocycles. The molecule has 0 heterocycles. The van der Waals surface area contributed by atoms with Gasteiger partial charge in [-0.25, -0.2) is 9.59 Å². The molecule has 0 aromatic heterocycles. The van der Waals surface area contributed by atoms with E-state index in [2.05, 4.69) is 4.74 Å². The molecule has 112 valence electrons. The Hall–Kier alpha value is -2.80. The maximum Gasteiger partial charge on any atom is 0.562 e. The van der Waals surface area contributed by atoms with E-state index in [-0.39, 0.29) is 16.8 Å². The molecule has 0 saturated carbocycles. The summed E-state index contributed by atoms with van der Waals surface area (Å²) in [7, 11) is -0.252. The van der Waals surface area contributed by atoms with E-state index in [1.165, 1.54) is 43.5 Å². The van der Waals surface area contributed by atoms with E-state index in [0.717, 1.165) is 0 Å². The highest BCUT2D eigenvalue weighted by molar-refractivity contribution is 6.61. The Bertz CT molecular complexity index is 683. The molecule has 0 radical (unpaired) electrons. The molecule has 0 aliphatic rings. The molecule has 0 spiro atoms. The Morgan fingerprint density at radius 3 is 2.23 bits per heavy atom. The van der Waals surface area contributed by atoms with Crippen molar-refractivity contribution in [3.63, 3.8) is 0 Å². The molecule has 2 aromatic carbocycles. The summed E-state index contributed by atoms with van der Waals surface area (Å²) in [5.41, 5.74) is 0.551. The van der Waals surface area contributed by atoms with Crippen LogP contribution >= 0.6 is 0 Å². The van der Waals surface area contributed by atoms with Gasteiger partial charge in [0.2, 0.25) is 0 Å². The minimum absolute atomic E-state index is 0.0484. The molecule has 2 rings (SSSR count). The molecule has 0 aliphatic carbocycles. The van der Waals surface area contributed by atoms with Gasteiger partial charge in [0.15, 0.2) is 0 Å². The third-order valence-corrected chi connectivity index (χ3v) is 2.96. The zero-order valence-electron chi connectivity index (χ0n) is 11.7. The van der Waals surface area contributed by atoms with Crippen LogP contribution < -0.4 is 5.46 Å². The molecule has 0 fully saturated rings. The smallest absolute Gasteiger partial charge is 0.507 e. The number of methoxy groups -OCH3 is 1. The predicted molar refractivity (Wildman–Crippen MR) is 78.9 cm³/mol. The zero-order chi connectivity index (χ0) is 16.1. The lowest BCUT2D eigenvalue weighted by Gasteiger charge is -2.10. The Labute approximate surface area is 127 Å². The Morgan fingerprint density at radius 1 is 1.00 bits per heavy atom. The first-order valence-electron chi connectivity index (χ1n) is 6.38. The van der Waals surface area contributed by atoms with E-state index in [4.69, 9.17) is 4.65 Å². The number of phenolic OH excluding ortho intramolecular Hbond substituents is 1. The van der Waals surface area contributed by atoms with Crippen LogP contribution in [0.1, 0.15) is 20.7 Å². The third kappa shape index (κ3) is 3.45. The summed E-state index contributed by atoms with van der Waals surface area (Å²) >= 11 is 0. The van der Waals surface area contributed by atoms with Gasteiger partial charge in [0.05, 0.1) is 18.2 Å². The molecule has 7 heteroatoms. The fourth-order valence-electron chi connectivity index (χ4n) is 1.78. The van der Waals surface area contributed by atoms with Crippen molar-refractivity contribution in [2.45, 2.75) is 0 Å². The maximum atomic E-state index is 11.9. The van der Waals surface area contributed by atoms with Crippen LogP contribution in [0.5, 0.6) is 5.75 Å². The summed E-state index contributed by atoms with van der Waals surface area (Å²) in [6.07, 6.45) is 0. The quantitative estimate of drug-likeness (QED) is 0.638. The highest BCUT2D eigenvalue weighted by atomic mass is 16.6. The maximum absolute atomic E-state index is 11.9. The number of carbonyl (C=O) groups excluding carboxylic acids is 2. The van der Waals surface area contributed by atoms with Gasteiger partial charge in [-0.2, -0.15) is 0 Å². The van der Waals surface area contributed by atoms with Gasteiger partial charge in [0.1, 0.15) is 5.75 Å². The van der Waals surface area contributed by atoms with Crippen molar-refractivity contribution in [1.29, 1.82) is 0 Å². The highest BCUT2D eigenvalue weighted by Crippen LogP contribution is 2.16. The van der Waals surface area contributed by atoms with Crippen molar-refractivity contribution in [2.75, 3.05) is 7.11 Å². The number of hydrogen-bond donors (Lipinski definition) is 2. The van der Waals surface area contributed by atoms with Gasteiger partial charge in [-0.15, -0.1) is 0 Å². The molecule has 0 bridgehead atoms. The SMILES string of the molecule is COC(=O)c1ccc(B(O)OC(=O)c2ccccc2O)cc1. The second kappa shape index (κ2) is 6.77. The summed E-state index contributed by atoms with van der Waals surface area (Å²) in [6.45, 7) is 0. The van der Waals surface area contributed by atoms with E-state index in [0.29, 0.717) is 5.56 Å². The first kappa shape index (κ1) is 15.6. The summed E-state index contributed by atoms with van der Waals surface area (Å²) in [4.78, 5) is 23.2. The number of benzene rings is 2. The molecule has 0 atom stereocenters. The lowest BCUT2D eigenvalue weighted by molar-refractivity contribution is 0.0599. The fourth-order valence-corrected chi connectivity index (χ4v) is 1.78. The number of hydrogen-bond acceptors (Lipinski definition) is 6. The zero-order valence-corrected chi connectivity index (χ0v) is 11.7. The first-order valence-corrected chi connectivity index (χ1v) is 6.38. The van der Waals surface area contributed by atoms with Crippen LogP contribution in [-0.2, 0) is 9.39 Å².